The van der Waals surface area contributed by atoms with Crippen molar-refractivity contribution in [2.45, 2.75) is 44.6 Å². The van der Waals surface area contributed by atoms with Crippen LogP contribution in [-0.4, -0.2) is 45.4 Å². The highest BCUT2D eigenvalue weighted by molar-refractivity contribution is 6.30. The number of rotatable bonds is 8. The SMILES string of the molecule is O=C(O)c1ccc(NC(=O)[C@H](CC2CCCCC2)N2CC(Oc3c(F)ccc(Cl)c3F)=CC2=O)nc1. The Morgan fingerprint density at radius 1 is 1.19 bits per heavy atom. The maximum Gasteiger partial charge on any atom is 0.337 e. The minimum atomic E-state index is -1.15. The van der Waals surface area contributed by atoms with E-state index < -0.39 is 41.2 Å². The number of hydrogen-bond acceptors (Lipinski definition) is 5. The Labute approximate surface area is 210 Å². The molecule has 0 radical (unpaired) electrons. The molecular weight excluding hydrogens is 496 g/mol. The summed E-state index contributed by atoms with van der Waals surface area (Å²) in [5.41, 5.74) is -0.0343. The van der Waals surface area contributed by atoms with Crippen LogP contribution in [0.2, 0.25) is 5.02 Å². The maximum atomic E-state index is 14.3. The van der Waals surface area contributed by atoms with Gasteiger partial charge in [-0.3, -0.25) is 9.59 Å². The lowest BCUT2D eigenvalue weighted by Crippen LogP contribution is -2.46. The molecule has 2 amide bonds. The van der Waals surface area contributed by atoms with Crippen LogP contribution in [0.5, 0.6) is 5.75 Å². The maximum absolute atomic E-state index is 14.3. The average molecular weight is 520 g/mol. The molecule has 2 N–H and O–H groups in total. The molecule has 8 nitrogen and oxygen atoms in total. The Morgan fingerprint density at radius 3 is 2.61 bits per heavy atom. The quantitative estimate of drug-likeness (QED) is 0.485. The molecule has 11 heteroatoms. The normalized spacial score (nSPS) is 17.0. The molecule has 1 fully saturated rings. The molecule has 1 aliphatic carbocycles. The van der Waals surface area contributed by atoms with Gasteiger partial charge in [0.1, 0.15) is 17.6 Å². The third-order valence-corrected chi connectivity index (χ3v) is 6.64. The number of nitrogens with zero attached hydrogens (tertiary/aromatic N) is 2. The zero-order valence-corrected chi connectivity index (χ0v) is 19.9. The van der Waals surface area contributed by atoms with Crippen molar-refractivity contribution in [2.75, 3.05) is 11.9 Å². The molecule has 1 atom stereocenters. The molecule has 2 aromatic rings. The van der Waals surface area contributed by atoms with Crippen molar-refractivity contribution in [2.24, 2.45) is 5.92 Å². The second kappa shape index (κ2) is 11.0. The predicted molar refractivity (Wildman–Crippen MR) is 127 cm³/mol. The summed E-state index contributed by atoms with van der Waals surface area (Å²) >= 11 is 5.72. The van der Waals surface area contributed by atoms with E-state index >= 15 is 0 Å². The Balaban J connectivity index is 1.52. The van der Waals surface area contributed by atoms with Crippen molar-refractivity contribution in [3.63, 3.8) is 0 Å². The van der Waals surface area contributed by atoms with Gasteiger partial charge in [0.15, 0.2) is 17.4 Å². The molecular formula is C25H24ClF2N3O5. The van der Waals surface area contributed by atoms with E-state index in [0.29, 0.717) is 6.42 Å². The highest BCUT2D eigenvalue weighted by Crippen LogP contribution is 2.33. The molecule has 4 rings (SSSR count). The number of nitrogens with one attached hydrogen (secondary N) is 1. The number of ether oxygens (including phenoxy) is 1. The van der Waals surface area contributed by atoms with E-state index in [1.54, 1.807) is 0 Å². The monoisotopic (exact) mass is 519 g/mol. The summed E-state index contributed by atoms with van der Waals surface area (Å²) in [5, 5.41) is 11.4. The number of carbonyl (C=O) groups excluding carboxylic acids is 2. The number of anilines is 1. The van der Waals surface area contributed by atoms with Crippen molar-refractivity contribution in [1.82, 2.24) is 9.88 Å². The number of carbonyl (C=O) groups is 3. The molecule has 2 heterocycles. The van der Waals surface area contributed by atoms with Gasteiger partial charge in [-0.15, -0.1) is 0 Å². The predicted octanol–water partition coefficient (Wildman–Crippen LogP) is 4.79. The van der Waals surface area contributed by atoms with Crippen molar-refractivity contribution in [3.8, 4) is 5.75 Å². The summed E-state index contributed by atoms with van der Waals surface area (Å²) in [6.07, 6.45) is 7.64. The van der Waals surface area contributed by atoms with E-state index in [0.717, 1.165) is 56.5 Å². The minimum Gasteiger partial charge on any atom is -0.478 e. The number of pyridine rings is 1. The van der Waals surface area contributed by atoms with Crippen molar-refractivity contribution in [3.05, 3.63) is 64.5 Å². The third kappa shape index (κ3) is 5.81. The number of hydrogen-bond donors (Lipinski definition) is 2. The first-order chi connectivity index (χ1) is 17.2. The fraction of sp³-hybridized carbons (Fsp3) is 0.360. The smallest absolute Gasteiger partial charge is 0.337 e. The van der Waals surface area contributed by atoms with Gasteiger partial charge in [-0.25, -0.2) is 18.6 Å². The van der Waals surface area contributed by atoms with E-state index in [2.05, 4.69) is 10.3 Å². The first kappa shape index (κ1) is 25.6. The third-order valence-electron chi connectivity index (χ3n) is 6.35. The van der Waals surface area contributed by atoms with E-state index in [-0.39, 0.29) is 34.6 Å². The van der Waals surface area contributed by atoms with Gasteiger partial charge in [0.25, 0.3) is 5.91 Å². The van der Waals surface area contributed by atoms with Gasteiger partial charge in [-0.2, -0.15) is 0 Å². The molecule has 1 aromatic heterocycles. The fourth-order valence-electron chi connectivity index (χ4n) is 4.49. The van der Waals surface area contributed by atoms with Crippen LogP contribution in [0.4, 0.5) is 14.6 Å². The van der Waals surface area contributed by atoms with E-state index in [4.69, 9.17) is 21.4 Å². The number of amides is 2. The Bertz CT molecular complexity index is 1200. The van der Waals surface area contributed by atoms with Gasteiger partial charge in [0.05, 0.1) is 17.1 Å². The molecule has 2 aliphatic rings. The summed E-state index contributed by atoms with van der Waals surface area (Å²) in [4.78, 5) is 42.5. The summed E-state index contributed by atoms with van der Waals surface area (Å²) in [6, 6.07) is 3.79. The molecule has 190 valence electrons. The zero-order chi connectivity index (χ0) is 25.8. The first-order valence-electron chi connectivity index (χ1n) is 11.6. The second-order valence-electron chi connectivity index (χ2n) is 8.83. The molecule has 1 saturated carbocycles. The topological polar surface area (TPSA) is 109 Å². The molecule has 1 aromatic carbocycles. The van der Waals surface area contributed by atoms with Gasteiger partial charge in [0, 0.05) is 12.3 Å². The molecule has 36 heavy (non-hydrogen) atoms. The number of benzene rings is 1. The Kier molecular flexibility index (Phi) is 7.83. The summed E-state index contributed by atoms with van der Waals surface area (Å²) in [5.74, 6) is -4.63. The lowest BCUT2D eigenvalue weighted by atomic mass is 9.84. The molecule has 1 aliphatic heterocycles. The van der Waals surface area contributed by atoms with Crippen LogP contribution in [0.25, 0.3) is 0 Å². The standard InChI is InChI=1S/C25H24ClF2N3O5/c26-17-7-8-18(27)23(22(17)28)36-16-11-21(32)31(13-16)19(10-14-4-2-1-3-5-14)24(33)30-20-9-6-15(12-29-20)25(34)35/h6-9,11-12,14,19H,1-5,10,13H2,(H,34,35)(H,29,30,33)/t19-/m0/s1. The van der Waals surface area contributed by atoms with Gasteiger partial charge in [-0.1, -0.05) is 43.7 Å². The fourth-order valence-corrected chi connectivity index (χ4v) is 4.64. The van der Waals surface area contributed by atoms with Gasteiger partial charge >= 0.3 is 5.97 Å². The van der Waals surface area contributed by atoms with Crippen LogP contribution < -0.4 is 10.1 Å². The van der Waals surface area contributed by atoms with Gasteiger partial charge < -0.3 is 20.1 Å². The highest BCUT2D eigenvalue weighted by atomic mass is 35.5. The van der Waals surface area contributed by atoms with E-state index in [1.165, 1.54) is 17.0 Å². The zero-order valence-electron chi connectivity index (χ0n) is 19.2. The van der Waals surface area contributed by atoms with Crippen LogP contribution in [0.3, 0.4) is 0 Å². The number of aromatic carboxylic acids is 1. The highest BCUT2D eigenvalue weighted by Gasteiger charge is 2.36. The number of carboxylic acid groups (broad SMARTS) is 1. The van der Waals surface area contributed by atoms with Crippen LogP contribution in [-0.2, 0) is 9.59 Å². The molecule has 0 saturated heterocycles. The van der Waals surface area contributed by atoms with Crippen molar-refractivity contribution in [1.29, 1.82) is 0 Å². The van der Waals surface area contributed by atoms with Crippen LogP contribution in [0.15, 0.2) is 42.3 Å². The Hall–Kier alpha value is -3.53. The van der Waals surface area contributed by atoms with Crippen LogP contribution >= 0.6 is 11.6 Å². The van der Waals surface area contributed by atoms with E-state index in [9.17, 15) is 23.2 Å². The Morgan fingerprint density at radius 2 is 1.94 bits per heavy atom. The van der Waals surface area contributed by atoms with Gasteiger partial charge in [0.2, 0.25) is 5.91 Å². The number of carboxylic acids is 1. The summed E-state index contributed by atoms with van der Waals surface area (Å²) in [6.45, 7) is -0.166. The minimum absolute atomic E-state index is 0.0227. The second-order valence-corrected chi connectivity index (χ2v) is 9.24. The summed E-state index contributed by atoms with van der Waals surface area (Å²) in [7, 11) is 0. The van der Waals surface area contributed by atoms with Gasteiger partial charge in [-0.05, 0) is 36.6 Å². The van der Waals surface area contributed by atoms with Crippen LogP contribution in [0.1, 0.15) is 48.9 Å². The lowest BCUT2D eigenvalue weighted by Gasteiger charge is -2.31. The first-order valence-corrected chi connectivity index (χ1v) is 11.9. The lowest BCUT2D eigenvalue weighted by molar-refractivity contribution is -0.134. The van der Waals surface area contributed by atoms with E-state index in [1.807, 2.05) is 0 Å². The average Bonchev–Trinajstić information content (AvgIpc) is 3.23. The largest absolute Gasteiger partial charge is 0.478 e. The summed E-state index contributed by atoms with van der Waals surface area (Å²) < 4.78 is 33.8. The molecule has 0 unspecified atom stereocenters. The number of aromatic nitrogens is 1. The van der Waals surface area contributed by atoms with Crippen LogP contribution in [0, 0.1) is 17.6 Å². The van der Waals surface area contributed by atoms with Crippen molar-refractivity contribution >= 4 is 35.2 Å². The molecule has 0 spiro atoms. The number of halogens is 3. The van der Waals surface area contributed by atoms with Crippen molar-refractivity contribution < 1.29 is 33.0 Å². The molecule has 0 bridgehead atoms.